The first-order valence-corrected chi connectivity index (χ1v) is 10.2. The van der Waals surface area contributed by atoms with Crippen molar-refractivity contribution in [3.05, 3.63) is 66.5 Å². The summed E-state index contributed by atoms with van der Waals surface area (Å²) in [5.41, 5.74) is 1.96. The molecular weight excluding hydrogens is 394 g/mol. The molecule has 0 spiro atoms. The minimum Gasteiger partial charge on any atom is -0.491 e. The summed E-state index contributed by atoms with van der Waals surface area (Å²) < 4.78 is 5.81. The number of hydrogen-bond acceptors (Lipinski definition) is 5. The molecule has 158 valence electrons. The Balaban J connectivity index is 1.14. The molecule has 31 heavy (non-hydrogen) atoms. The van der Waals surface area contributed by atoms with Crippen LogP contribution in [0.25, 0.3) is 21.8 Å². The zero-order valence-corrected chi connectivity index (χ0v) is 16.9. The highest BCUT2D eigenvalue weighted by molar-refractivity contribution is 6.04. The summed E-state index contributed by atoms with van der Waals surface area (Å²) in [6, 6.07) is 17.1. The van der Waals surface area contributed by atoms with Gasteiger partial charge in [-0.15, -0.1) is 0 Å². The molecule has 2 amide bonds. The van der Waals surface area contributed by atoms with Gasteiger partial charge >= 0.3 is 0 Å². The van der Waals surface area contributed by atoms with Gasteiger partial charge in [0.25, 0.3) is 5.91 Å². The SMILES string of the molecule is O=C(CCNC(=O)c1n[nH]c2ccccc12)NCCCOc1cccc2cccnc12. The van der Waals surface area contributed by atoms with Crippen molar-refractivity contribution in [1.29, 1.82) is 0 Å². The van der Waals surface area contributed by atoms with Crippen molar-refractivity contribution in [2.24, 2.45) is 0 Å². The highest BCUT2D eigenvalue weighted by atomic mass is 16.5. The molecule has 2 aromatic carbocycles. The van der Waals surface area contributed by atoms with E-state index in [2.05, 4.69) is 25.8 Å². The summed E-state index contributed by atoms with van der Waals surface area (Å²) in [7, 11) is 0. The summed E-state index contributed by atoms with van der Waals surface area (Å²) in [4.78, 5) is 28.6. The molecule has 3 N–H and O–H groups in total. The molecule has 0 unspecified atom stereocenters. The van der Waals surface area contributed by atoms with Gasteiger partial charge in [0.15, 0.2) is 5.69 Å². The van der Waals surface area contributed by atoms with E-state index in [4.69, 9.17) is 4.74 Å². The van der Waals surface area contributed by atoms with Crippen LogP contribution in [0.5, 0.6) is 5.75 Å². The van der Waals surface area contributed by atoms with Crippen LogP contribution in [0.4, 0.5) is 0 Å². The van der Waals surface area contributed by atoms with Gasteiger partial charge in [-0.2, -0.15) is 5.10 Å². The lowest BCUT2D eigenvalue weighted by Gasteiger charge is -2.09. The summed E-state index contributed by atoms with van der Waals surface area (Å²) in [6.07, 6.45) is 2.60. The largest absolute Gasteiger partial charge is 0.491 e. The summed E-state index contributed by atoms with van der Waals surface area (Å²) in [5, 5.41) is 14.2. The zero-order valence-electron chi connectivity index (χ0n) is 16.9. The average molecular weight is 417 g/mol. The minimum absolute atomic E-state index is 0.126. The molecule has 0 fully saturated rings. The number of hydrogen-bond donors (Lipinski definition) is 3. The third kappa shape index (κ3) is 4.98. The summed E-state index contributed by atoms with van der Waals surface area (Å²) in [5.74, 6) is 0.305. The number of amides is 2. The van der Waals surface area contributed by atoms with Crippen molar-refractivity contribution in [2.45, 2.75) is 12.8 Å². The van der Waals surface area contributed by atoms with Crippen LogP contribution in [0.1, 0.15) is 23.3 Å². The maximum atomic E-state index is 12.3. The Hall–Kier alpha value is -3.94. The molecule has 2 heterocycles. The molecule has 0 atom stereocenters. The van der Waals surface area contributed by atoms with Gasteiger partial charge in [-0.05, 0) is 24.6 Å². The molecule has 4 aromatic rings. The van der Waals surface area contributed by atoms with E-state index in [1.54, 1.807) is 6.20 Å². The Kier molecular flexibility index (Phi) is 6.37. The lowest BCUT2D eigenvalue weighted by molar-refractivity contribution is -0.120. The van der Waals surface area contributed by atoms with Crippen LogP contribution in [0.2, 0.25) is 0 Å². The maximum absolute atomic E-state index is 12.3. The van der Waals surface area contributed by atoms with Gasteiger partial charge in [-0.25, -0.2) is 0 Å². The Morgan fingerprint density at radius 3 is 2.77 bits per heavy atom. The molecule has 2 aromatic heterocycles. The standard InChI is InChI=1S/C23H23N5O3/c29-20(11-14-26-23(30)22-17-8-1-2-9-18(17)27-28-22)24-13-5-15-31-19-10-3-6-16-7-4-12-25-21(16)19/h1-4,6-10,12H,5,11,13-15H2,(H,24,29)(H,26,30)(H,27,28). The van der Waals surface area contributed by atoms with E-state index in [-0.39, 0.29) is 24.8 Å². The quantitative estimate of drug-likeness (QED) is 0.363. The van der Waals surface area contributed by atoms with Crippen molar-refractivity contribution in [3.8, 4) is 5.75 Å². The van der Waals surface area contributed by atoms with Crippen LogP contribution in [-0.4, -0.2) is 46.7 Å². The van der Waals surface area contributed by atoms with Crippen LogP contribution in [0.3, 0.4) is 0 Å². The van der Waals surface area contributed by atoms with Crippen LogP contribution < -0.4 is 15.4 Å². The number of H-pyrrole nitrogens is 1. The highest BCUT2D eigenvalue weighted by Gasteiger charge is 2.13. The van der Waals surface area contributed by atoms with E-state index in [1.165, 1.54) is 0 Å². The fourth-order valence-corrected chi connectivity index (χ4v) is 3.27. The predicted octanol–water partition coefficient (Wildman–Crippen LogP) is 2.82. The first kappa shape index (κ1) is 20.3. The molecule has 4 rings (SSSR count). The summed E-state index contributed by atoms with van der Waals surface area (Å²) >= 11 is 0. The smallest absolute Gasteiger partial charge is 0.272 e. The molecule has 0 bridgehead atoms. The molecule has 0 aliphatic rings. The van der Waals surface area contributed by atoms with Crippen LogP contribution in [0, 0.1) is 0 Å². The normalized spacial score (nSPS) is 10.8. The molecule has 0 aliphatic carbocycles. The van der Waals surface area contributed by atoms with Crippen molar-refractivity contribution in [2.75, 3.05) is 19.7 Å². The topological polar surface area (TPSA) is 109 Å². The number of pyridine rings is 1. The number of nitrogens with zero attached hydrogens (tertiary/aromatic N) is 2. The van der Waals surface area contributed by atoms with E-state index in [9.17, 15) is 9.59 Å². The lowest BCUT2D eigenvalue weighted by Crippen LogP contribution is -2.31. The number of benzene rings is 2. The average Bonchev–Trinajstić information content (AvgIpc) is 3.23. The second kappa shape index (κ2) is 9.71. The number of ether oxygens (including phenoxy) is 1. The van der Waals surface area contributed by atoms with Crippen molar-refractivity contribution in [3.63, 3.8) is 0 Å². The van der Waals surface area contributed by atoms with Gasteiger partial charge in [-0.3, -0.25) is 19.7 Å². The number of aromatic amines is 1. The number of carbonyl (C=O) groups excluding carboxylic acids is 2. The van der Waals surface area contributed by atoms with Gasteiger partial charge in [0.2, 0.25) is 5.91 Å². The number of carbonyl (C=O) groups is 2. The third-order valence-corrected chi connectivity index (χ3v) is 4.82. The number of aromatic nitrogens is 3. The number of fused-ring (bicyclic) bond motifs is 2. The second-order valence-corrected chi connectivity index (χ2v) is 7.01. The van der Waals surface area contributed by atoms with Crippen molar-refractivity contribution >= 4 is 33.6 Å². The predicted molar refractivity (Wildman–Crippen MR) is 118 cm³/mol. The molecule has 0 aliphatic heterocycles. The molecule has 0 radical (unpaired) electrons. The molecular formula is C23H23N5O3. The maximum Gasteiger partial charge on any atom is 0.272 e. The first-order chi connectivity index (χ1) is 15.2. The molecule has 8 nitrogen and oxygen atoms in total. The van der Waals surface area contributed by atoms with E-state index >= 15 is 0 Å². The highest BCUT2D eigenvalue weighted by Crippen LogP contribution is 2.22. The fraction of sp³-hybridized carbons (Fsp3) is 0.217. The lowest BCUT2D eigenvalue weighted by atomic mass is 10.2. The van der Waals surface area contributed by atoms with E-state index in [0.29, 0.717) is 25.3 Å². The Morgan fingerprint density at radius 1 is 0.968 bits per heavy atom. The van der Waals surface area contributed by atoms with Crippen molar-refractivity contribution < 1.29 is 14.3 Å². The fourth-order valence-electron chi connectivity index (χ4n) is 3.27. The van der Waals surface area contributed by atoms with Crippen LogP contribution in [0.15, 0.2) is 60.8 Å². The molecule has 0 saturated heterocycles. The van der Waals surface area contributed by atoms with E-state index in [0.717, 1.165) is 27.6 Å². The monoisotopic (exact) mass is 417 g/mol. The minimum atomic E-state index is -0.303. The Bertz CT molecular complexity index is 1200. The van der Waals surface area contributed by atoms with Gasteiger partial charge in [-0.1, -0.05) is 36.4 Å². The van der Waals surface area contributed by atoms with Crippen LogP contribution >= 0.6 is 0 Å². The van der Waals surface area contributed by atoms with Crippen LogP contribution in [-0.2, 0) is 4.79 Å². The number of nitrogens with one attached hydrogen (secondary N) is 3. The van der Waals surface area contributed by atoms with E-state index in [1.807, 2.05) is 54.6 Å². The Morgan fingerprint density at radius 2 is 1.84 bits per heavy atom. The molecule has 8 heteroatoms. The number of rotatable bonds is 9. The van der Waals surface area contributed by atoms with Gasteiger partial charge in [0.1, 0.15) is 11.3 Å². The first-order valence-electron chi connectivity index (χ1n) is 10.2. The van der Waals surface area contributed by atoms with Gasteiger partial charge in [0, 0.05) is 36.5 Å². The number of para-hydroxylation sites is 2. The third-order valence-electron chi connectivity index (χ3n) is 4.82. The zero-order chi connectivity index (χ0) is 21.5. The van der Waals surface area contributed by atoms with Crippen molar-refractivity contribution in [1.82, 2.24) is 25.8 Å². The van der Waals surface area contributed by atoms with Gasteiger partial charge in [0.05, 0.1) is 12.1 Å². The van der Waals surface area contributed by atoms with E-state index < -0.39 is 0 Å². The molecule has 0 saturated carbocycles. The van der Waals surface area contributed by atoms with Gasteiger partial charge < -0.3 is 15.4 Å². The summed E-state index contributed by atoms with van der Waals surface area (Å²) in [6.45, 7) is 1.21. The second-order valence-electron chi connectivity index (χ2n) is 7.01. The Labute approximate surface area is 179 Å².